The summed E-state index contributed by atoms with van der Waals surface area (Å²) >= 11 is 2.16. The molecule has 0 aliphatic heterocycles. The molecular weight excluding hydrogens is 265 g/mol. The molecule has 0 bridgehead atoms. The summed E-state index contributed by atoms with van der Waals surface area (Å²) < 4.78 is 0.970. The largest absolute Gasteiger partial charge is 0.388 e. The smallest absolute Gasteiger partial charge is 0.101 e. The van der Waals surface area contributed by atoms with E-state index < -0.39 is 0 Å². The molecule has 0 saturated carbocycles. The maximum atomic E-state index is 9.56. The molecule has 0 aliphatic carbocycles. The molecule has 0 spiro atoms. The number of aromatic nitrogens is 1. The van der Waals surface area contributed by atoms with Crippen LogP contribution in [0.3, 0.4) is 0 Å². The fourth-order valence-corrected chi connectivity index (χ4v) is 1.71. The molecule has 1 aromatic rings. The van der Waals surface area contributed by atoms with Crippen LogP contribution >= 0.6 is 22.6 Å². The lowest BCUT2D eigenvalue weighted by atomic mass is 10.1. The second kappa shape index (κ2) is 4.18. The Kier molecular flexibility index (Phi) is 3.46. The average Bonchev–Trinajstić information content (AvgIpc) is 2.03. The summed E-state index contributed by atoms with van der Waals surface area (Å²) in [6.45, 7) is 3.96. The lowest BCUT2D eigenvalue weighted by Gasteiger charge is -2.10. The molecule has 1 atom stereocenters. The van der Waals surface area contributed by atoms with Crippen LogP contribution < -0.4 is 0 Å². The van der Waals surface area contributed by atoms with Gasteiger partial charge in [0.2, 0.25) is 0 Å². The van der Waals surface area contributed by atoms with Gasteiger partial charge in [0.25, 0.3) is 0 Å². The van der Waals surface area contributed by atoms with Gasteiger partial charge in [-0.25, -0.2) is 4.98 Å². The first-order valence-corrected chi connectivity index (χ1v) is 5.03. The number of hydrogen-bond donors (Lipinski definition) is 1. The Morgan fingerprint density at radius 3 is 2.83 bits per heavy atom. The molecule has 0 unspecified atom stereocenters. The van der Waals surface area contributed by atoms with Gasteiger partial charge < -0.3 is 5.11 Å². The minimum Gasteiger partial charge on any atom is -0.388 e. The molecule has 0 fully saturated rings. The maximum absolute atomic E-state index is 9.56. The second-order valence-corrected chi connectivity index (χ2v) is 3.89. The molecule has 0 aliphatic rings. The predicted molar refractivity (Wildman–Crippen MR) is 56.9 cm³/mol. The van der Waals surface area contributed by atoms with E-state index in [0.717, 1.165) is 21.2 Å². The molecule has 2 nitrogen and oxygen atoms in total. The van der Waals surface area contributed by atoms with E-state index in [4.69, 9.17) is 0 Å². The third-order valence-electron chi connectivity index (χ3n) is 1.86. The SMILES string of the molecule is CC[C@@H](O)c1cnc(I)cc1C. The molecule has 0 radical (unpaired) electrons. The standard InChI is InChI=1S/C9H12INO/c1-3-8(12)7-5-11-9(10)4-6(7)2/h4-5,8,12H,3H2,1-2H3/t8-/m1/s1. The van der Waals surface area contributed by atoms with Gasteiger partial charge in [0, 0.05) is 11.8 Å². The summed E-state index contributed by atoms with van der Waals surface area (Å²) in [5.74, 6) is 0. The van der Waals surface area contributed by atoms with Crippen molar-refractivity contribution < 1.29 is 5.11 Å². The van der Waals surface area contributed by atoms with Crippen LogP contribution in [-0.4, -0.2) is 10.1 Å². The van der Waals surface area contributed by atoms with Crippen molar-refractivity contribution in [3.8, 4) is 0 Å². The molecule has 0 amide bonds. The summed E-state index contributed by atoms with van der Waals surface area (Å²) in [6, 6.07) is 1.98. The van der Waals surface area contributed by atoms with Crippen LogP contribution in [-0.2, 0) is 0 Å². The van der Waals surface area contributed by atoms with Crippen LogP contribution in [0.1, 0.15) is 30.6 Å². The Balaban J connectivity index is 3.01. The van der Waals surface area contributed by atoms with Crippen molar-refractivity contribution in [1.29, 1.82) is 0 Å². The van der Waals surface area contributed by atoms with E-state index in [2.05, 4.69) is 27.6 Å². The van der Waals surface area contributed by atoms with Crippen molar-refractivity contribution in [2.75, 3.05) is 0 Å². The molecule has 0 saturated heterocycles. The van der Waals surface area contributed by atoms with Crippen LogP contribution in [0.5, 0.6) is 0 Å². The Morgan fingerprint density at radius 1 is 1.67 bits per heavy atom. The van der Waals surface area contributed by atoms with Gasteiger partial charge in [-0.2, -0.15) is 0 Å². The van der Waals surface area contributed by atoms with E-state index in [-0.39, 0.29) is 6.10 Å². The monoisotopic (exact) mass is 277 g/mol. The lowest BCUT2D eigenvalue weighted by molar-refractivity contribution is 0.172. The summed E-state index contributed by atoms with van der Waals surface area (Å²) in [5, 5.41) is 9.56. The highest BCUT2D eigenvalue weighted by Crippen LogP contribution is 2.20. The number of pyridine rings is 1. The quantitative estimate of drug-likeness (QED) is 0.665. The molecular formula is C9H12INO. The van der Waals surface area contributed by atoms with E-state index in [1.54, 1.807) is 6.20 Å². The van der Waals surface area contributed by atoms with Crippen molar-refractivity contribution >= 4 is 22.6 Å². The fraction of sp³-hybridized carbons (Fsp3) is 0.444. The van der Waals surface area contributed by atoms with Crippen molar-refractivity contribution in [3.63, 3.8) is 0 Å². The highest BCUT2D eigenvalue weighted by molar-refractivity contribution is 14.1. The van der Waals surface area contributed by atoms with Gasteiger partial charge in [0.15, 0.2) is 0 Å². The van der Waals surface area contributed by atoms with Gasteiger partial charge in [-0.15, -0.1) is 0 Å². The first kappa shape index (κ1) is 9.92. The van der Waals surface area contributed by atoms with E-state index >= 15 is 0 Å². The number of aliphatic hydroxyl groups excluding tert-OH is 1. The zero-order valence-corrected chi connectivity index (χ0v) is 9.37. The Bertz CT molecular complexity index is 275. The number of hydrogen-bond acceptors (Lipinski definition) is 2. The van der Waals surface area contributed by atoms with Crippen molar-refractivity contribution in [2.24, 2.45) is 0 Å². The topological polar surface area (TPSA) is 33.1 Å². The molecule has 66 valence electrons. The van der Waals surface area contributed by atoms with Gasteiger partial charge in [-0.1, -0.05) is 6.92 Å². The Morgan fingerprint density at radius 2 is 2.33 bits per heavy atom. The highest BCUT2D eigenvalue weighted by atomic mass is 127. The maximum Gasteiger partial charge on any atom is 0.101 e. The minimum absolute atomic E-state index is 0.366. The van der Waals surface area contributed by atoms with E-state index in [1.807, 2.05) is 19.9 Å². The molecule has 1 aromatic heterocycles. The van der Waals surface area contributed by atoms with Gasteiger partial charge in [-0.3, -0.25) is 0 Å². The lowest BCUT2D eigenvalue weighted by Crippen LogP contribution is -1.99. The summed E-state index contributed by atoms with van der Waals surface area (Å²) in [5.41, 5.74) is 2.06. The molecule has 3 heteroatoms. The van der Waals surface area contributed by atoms with Crippen molar-refractivity contribution in [3.05, 3.63) is 27.1 Å². The highest BCUT2D eigenvalue weighted by Gasteiger charge is 2.08. The third kappa shape index (κ3) is 2.17. The van der Waals surface area contributed by atoms with Crippen LogP contribution in [0, 0.1) is 10.6 Å². The Labute approximate surface area is 86.2 Å². The van der Waals surface area contributed by atoms with Crippen LogP contribution in [0.15, 0.2) is 12.3 Å². The number of aliphatic hydroxyl groups is 1. The van der Waals surface area contributed by atoms with Gasteiger partial charge in [0.1, 0.15) is 3.70 Å². The first-order chi connectivity index (χ1) is 5.65. The molecule has 12 heavy (non-hydrogen) atoms. The fourth-order valence-electron chi connectivity index (χ4n) is 1.10. The van der Waals surface area contributed by atoms with Crippen LogP contribution in [0.25, 0.3) is 0 Å². The molecule has 1 N–H and O–H groups in total. The third-order valence-corrected chi connectivity index (χ3v) is 2.45. The van der Waals surface area contributed by atoms with Crippen LogP contribution in [0.2, 0.25) is 0 Å². The normalized spacial score (nSPS) is 13.0. The number of halogens is 1. The number of aryl methyl sites for hydroxylation is 1. The molecule has 0 aromatic carbocycles. The van der Waals surface area contributed by atoms with Crippen LogP contribution in [0.4, 0.5) is 0 Å². The number of rotatable bonds is 2. The molecule has 1 heterocycles. The Hall–Kier alpha value is -0.160. The average molecular weight is 277 g/mol. The molecule has 1 rings (SSSR count). The van der Waals surface area contributed by atoms with E-state index in [0.29, 0.717) is 0 Å². The van der Waals surface area contributed by atoms with Gasteiger partial charge in [0.05, 0.1) is 6.10 Å². The van der Waals surface area contributed by atoms with Crippen molar-refractivity contribution in [2.45, 2.75) is 26.4 Å². The summed E-state index contributed by atoms with van der Waals surface area (Å²) in [4.78, 5) is 4.14. The summed E-state index contributed by atoms with van der Waals surface area (Å²) in [7, 11) is 0. The first-order valence-electron chi connectivity index (χ1n) is 3.95. The minimum atomic E-state index is -0.366. The zero-order chi connectivity index (χ0) is 9.14. The van der Waals surface area contributed by atoms with E-state index in [9.17, 15) is 5.11 Å². The van der Waals surface area contributed by atoms with Crippen molar-refractivity contribution in [1.82, 2.24) is 4.98 Å². The van der Waals surface area contributed by atoms with Gasteiger partial charge >= 0.3 is 0 Å². The predicted octanol–water partition coefficient (Wildman–Crippen LogP) is 2.44. The zero-order valence-electron chi connectivity index (χ0n) is 7.21. The second-order valence-electron chi connectivity index (χ2n) is 2.79. The number of nitrogens with zero attached hydrogens (tertiary/aromatic N) is 1. The van der Waals surface area contributed by atoms with E-state index in [1.165, 1.54) is 0 Å². The summed E-state index contributed by atoms with van der Waals surface area (Å²) in [6.07, 6.45) is 2.13. The van der Waals surface area contributed by atoms with Gasteiger partial charge in [-0.05, 0) is 47.6 Å².